The first-order valence-corrected chi connectivity index (χ1v) is 13.8. The van der Waals surface area contributed by atoms with Crippen LogP contribution in [-0.4, -0.2) is 29.3 Å². The van der Waals surface area contributed by atoms with Crippen LogP contribution in [0, 0.1) is 25.6 Å². The molecule has 7 heteroatoms. The molecule has 0 radical (unpaired) electrons. The third-order valence-corrected chi connectivity index (χ3v) is 7.56. The minimum absolute atomic E-state index is 0.0191. The van der Waals surface area contributed by atoms with E-state index in [0.29, 0.717) is 10.5 Å². The molecule has 0 aliphatic carbocycles. The fourth-order valence-electron chi connectivity index (χ4n) is 2.98. The lowest BCUT2D eigenvalue weighted by atomic mass is 9.97. The largest absolute Gasteiger partial charge is 0.224 e. The number of halogens is 1. The van der Waals surface area contributed by atoms with E-state index in [-0.39, 0.29) is 4.90 Å². The predicted molar refractivity (Wildman–Crippen MR) is 121 cm³/mol. The molecule has 30 heavy (non-hydrogen) atoms. The van der Waals surface area contributed by atoms with E-state index in [0.717, 1.165) is 36.6 Å². The molecular weight excluding hydrogens is 423 g/mol. The van der Waals surface area contributed by atoms with E-state index in [1.54, 1.807) is 13.0 Å². The zero-order valence-corrected chi connectivity index (χ0v) is 20.3. The summed E-state index contributed by atoms with van der Waals surface area (Å²) in [6.07, 6.45) is 6.85. The molecule has 0 heterocycles. The van der Waals surface area contributed by atoms with E-state index in [1.165, 1.54) is 36.8 Å². The Morgan fingerprint density at radius 2 is 1.60 bits per heavy atom. The van der Waals surface area contributed by atoms with Crippen molar-refractivity contribution in [1.82, 2.24) is 0 Å². The van der Waals surface area contributed by atoms with Gasteiger partial charge in [0.15, 0.2) is 19.7 Å². The molecule has 0 N–H and O–H groups in total. The highest BCUT2D eigenvalue weighted by molar-refractivity contribution is 7.91. The lowest BCUT2D eigenvalue weighted by Gasteiger charge is -2.11. The second kappa shape index (κ2) is 11.0. The van der Waals surface area contributed by atoms with E-state index in [9.17, 15) is 21.2 Å². The average molecular weight is 457 g/mol. The summed E-state index contributed by atoms with van der Waals surface area (Å²) in [5, 5.41) is 0. The molecule has 2 aromatic rings. The van der Waals surface area contributed by atoms with Crippen molar-refractivity contribution in [3.8, 4) is 0 Å². The second-order valence-corrected chi connectivity index (χ2v) is 11.9. The molecular formula is C23H33FO4S2. The molecule has 0 aliphatic heterocycles. The van der Waals surface area contributed by atoms with Crippen LogP contribution < -0.4 is 0 Å². The molecule has 4 nitrogen and oxygen atoms in total. The van der Waals surface area contributed by atoms with Crippen LogP contribution in [0.3, 0.4) is 0 Å². The number of hydrogen-bond donors (Lipinski definition) is 0. The molecule has 0 spiro atoms. The third kappa shape index (κ3) is 8.19. The van der Waals surface area contributed by atoms with E-state index in [2.05, 4.69) is 13.8 Å². The Morgan fingerprint density at radius 3 is 2.10 bits per heavy atom. The summed E-state index contributed by atoms with van der Waals surface area (Å²) < 4.78 is 58.0. The molecule has 1 unspecified atom stereocenters. The zero-order chi connectivity index (χ0) is 23.1. The van der Waals surface area contributed by atoms with Gasteiger partial charge in [-0.15, -0.1) is 0 Å². The Morgan fingerprint density at radius 1 is 0.967 bits per heavy atom. The maximum Gasteiger partial charge on any atom is 0.175 e. The molecule has 2 aromatic carbocycles. The van der Waals surface area contributed by atoms with Gasteiger partial charge in [-0.2, -0.15) is 0 Å². The molecule has 0 fully saturated rings. The summed E-state index contributed by atoms with van der Waals surface area (Å²) in [6, 6.07) is 9.47. The van der Waals surface area contributed by atoms with Gasteiger partial charge in [-0.3, -0.25) is 0 Å². The molecule has 0 saturated heterocycles. The molecule has 168 valence electrons. The summed E-state index contributed by atoms with van der Waals surface area (Å²) in [4.78, 5) is 0.495. The lowest BCUT2D eigenvalue weighted by Crippen LogP contribution is -2.03. The van der Waals surface area contributed by atoms with Crippen LogP contribution in [0.2, 0.25) is 0 Å². The molecule has 0 aromatic heterocycles. The Labute approximate surface area is 181 Å². The zero-order valence-electron chi connectivity index (χ0n) is 18.7. The fourth-order valence-corrected chi connectivity index (χ4v) is 4.63. The van der Waals surface area contributed by atoms with Crippen molar-refractivity contribution in [3.63, 3.8) is 0 Å². The predicted octanol–water partition coefficient (Wildman–Crippen LogP) is 5.30. The van der Waals surface area contributed by atoms with Crippen LogP contribution in [0.4, 0.5) is 4.39 Å². The van der Waals surface area contributed by atoms with Crippen molar-refractivity contribution in [1.29, 1.82) is 0 Å². The van der Waals surface area contributed by atoms with Crippen molar-refractivity contribution in [2.24, 2.45) is 5.92 Å². The van der Waals surface area contributed by atoms with Crippen LogP contribution in [0.1, 0.15) is 49.8 Å². The Balaban J connectivity index is 0.000000325. The summed E-state index contributed by atoms with van der Waals surface area (Å²) in [7, 11) is -6.38. The van der Waals surface area contributed by atoms with E-state index in [1.807, 2.05) is 19.1 Å². The van der Waals surface area contributed by atoms with Crippen molar-refractivity contribution in [3.05, 3.63) is 58.9 Å². The monoisotopic (exact) mass is 456 g/mol. The van der Waals surface area contributed by atoms with Crippen LogP contribution in [0.15, 0.2) is 46.2 Å². The van der Waals surface area contributed by atoms with Gasteiger partial charge in [-0.25, -0.2) is 21.2 Å². The molecule has 0 aliphatic rings. The van der Waals surface area contributed by atoms with Gasteiger partial charge in [0.25, 0.3) is 0 Å². The van der Waals surface area contributed by atoms with Crippen molar-refractivity contribution in [2.45, 2.75) is 63.2 Å². The van der Waals surface area contributed by atoms with Gasteiger partial charge in [0, 0.05) is 12.5 Å². The third-order valence-electron chi connectivity index (χ3n) is 5.21. The van der Waals surface area contributed by atoms with Gasteiger partial charge < -0.3 is 0 Å². The number of benzene rings is 2. The number of hydrogen-bond acceptors (Lipinski definition) is 4. The molecule has 2 rings (SSSR count). The maximum atomic E-state index is 12.8. The van der Waals surface area contributed by atoms with Gasteiger partial charge in [0.2, 0.25) is 0 Å². The summed E-state index contributed by atoms with van der Waals surface area (Å²) in [6.45, 7) is 7.97. The summed E-state index contributed by atoms with van der Waals surface area (Å²) in [5.41, 5.74) is 2.53. The van der Waals surface area contributed by atoms with Crippen molar-refractivity contribution >= 4 is 19.7 Å². The molecule has 0 bridgehead atoms. The smallest absolute Gasteiger partial charge is 0.175 e. The number of aryl methyl sites for hydroxylation is 2. The summed E-state index contributed by atoms with van der Waals surface area (Å²) >= 11 is 0. The maximum absolute atomic E-state index is 12.8. The van der Waals surface area contributed by atoms with Crippen LogP contribution in [-0.2, 0) is 26.1 Å². The van der Waals surface area contributed by atoms with Gasteiger partial charge in [-0.1, -0.05) is 44.9 Å². The highest BCUT2D eigenvalue weighted by Gasteiger charge is 2.13. The van der Waals surface area contributed by atoms with E-state index in [4.69, 9.17) is 0 Å². The first-order chi connectivity index (χ1) is 13.8. The average Bonchev–Trinajstić information content (AvgIpc) is 2.64. The Kier molecular flexibility index (Phi) is 9.69. The quantitative estimate of drug-likeness (QED) is 0.567. The minimum Gasteiger partial charge on any atom is -0.224 e. The number of rotatable bonds is 7. The van der Waals surface area contributed by atoms with E-state index < -0.39 is 25.5 Å². The Bertz CT molecular complexity index is 1060. The van der Waals surface area contributed by atoms with Crippen LogP contribution in [0.25, 0.3) is 0 Å². The standard InChI is InChI=1S/C15H24O2S.C8H9FO2S/c1-5-12(2)8-6-9-14-10-7-11-15(13(14)3)18(4,16)17;1-6-3-4-7(5-8(6)9)12(2,10)11/h7,10-12H,5-6,8-9H2,1-4H3;3-5H,1-2H3. The summed E-state index contributed by atoms with van der Waals surface area (Å²) in [5.74, 6) is 0.265. The first-order valence-electron chi connectivity index (χ1n) is 10.0. The SMILES string of the molecule is CCC(C)CCCc1cccc(S(C)(=O)=O)c1C.Cc1ccc(S(C)(=O)=O)cc1F. The topological polar surface area (TPSA) is 68.3 Å². The fraction of sp³-hybridized carbons (Fsp3) is 0.478. The van der Waals surface area contributed by atoms with Gasteiger partial charge in [-0.05, 0) is 67.5 Å². The lowest BCUT2D eigenvalue weighted by molar-refractivity contribution is 0.495. The first kappa shape index (κ1) is 26.3. The van der Waals surface area contributed by atoms with Crippen LogP contribution in [0.5, 0.6) is 0 Å². The Hall–Kier alpha value is -1.73. The molecule has 0 amide bonds. The minimum atomic E-state index is -3.28. The highest BCUT2D eigenvalue weighted by atomic mass is 32.2. The second-order valence-electron chi connectivity index (χ2n) is 7.90. The van der Waals surface area contributed by atoms with Crippen molar-refractivity contribution < 1.29 is 21.2 Å². The molecule has 1 atom stereocenters. The van der Waals surface area contributed by atoms with Crippen LogP contribution >= 0.6 is 0 Å². The van der Waals surface area contributed by atoms with E-state index >= 15 is 0 Å². The number of sulfone groups is 2. The van der Waals surface area contributed by atoms with Gasteiger partial charge >= 0.3 is 0 Å². The van der Waals surface area contributed by atoms with Gasteiger partial charge in [0.05, 0.1) is 9.79 Å². The highest BCUT2D eigenvalue weighted by Crippen LogP contribution is 2.21. The van der Waals surface area contributed by atoms with Crippen molar-refractivity contribution in [2.75, 3.05) is 12.5 Å². The molecule has 0 saturated carbocycles. The van der Waals surface area contributed by atoms with Gasteiger partial charge in [0.1, 0.15) is 5.82 Å². The normalized spacial score (nSPS) is 12.8.